The van der Waals surface area contributed by atoms with Crippen LogP contribution in [0, 0.1) is 0 Å². The van der Waals surface area contributed by atoms with E-state index in [1.165, 1.54) is 0 Å². The van der Waals surface area contributed by atoms with Gasteiger partial charge in [-0.25, -0.2) is 0 Å². The Kier molecular flexibility index (Phi) is 10.4. The molecule has 0 unspecified atom stereocenters. The molecular weight excluding hydrogens is 332 g/mol. The van der Waals surface area contributed by atoms with Crippen LogP contribution < -0.4 is 20.1 Å². The minimum absolute atomic E-state index is 0. The van der Waals surface area contributed by atoms with Gasteiger partial charge < -0.3 is 24.8 Å². The van der Waals surface area contributed by atoms with Gasteiger partial charge in [-0.2, -0.15) is 0 Å². The Labute approximate surface area is 150 Å². The van der Waals surface area contributed by atoms with Crippen molar-refractivity contribution >= 4 is 18.3 Å². The van der Waals surface area contributed by atoms with Crippen molar-refractivity contribution in [1.82, 2.24) is 10.6 Å². The number of benzene rings is 1. The summed E-state index contributed by atoms with van der Waals surface area (Å²) < 4.78 is 16.1. The maximum Gasteiger partial charge on any atom is 0.258 e. The number of methoxy groups -OCH3 is 2. The largest absolute Gasteiger partial charge is 0.493 e. The fourth-order valence-electron chi connectivity index (χ4n) is 2.01. The molecule has 1 aromatic rings. The summed E-state index contributed by atoms with van der Waals surface area (Å²) in [6.45, 7) is 7.71. The van der Waals surface area contributed by atoms with E-state index in [4.69, 9.17) is 14.2 Å². The third-order valence-electron chi connectivity index (χ3n) is 2.94. The smallest absolute Gasteiger partial charge is 0.258 e. The van der Waals surface area contributed by atoms with Crippen molar-refractivity contribution in [3.8, 4) is 11.5 Å². The highest BCUT2D eigenvalue weighted by molar-refractivity contribution is 5.85. The molecule has 0 bridgehead atoms. The van der Waals surface area contributed by atoms with Gasteiger partial charge in [-0.15, -0.1) is 12.4 Å². The summed E-state index contributed by atoms with van der Waals surface area (Å²) in [7, 11) is 3.25. The third-order valence-corrected chi connectivity index (χ3v) is 2.94. The van der Waals surface area contributed by atoms with Gasteiger partial charge in [-0.05, 0) is 26.8 Å². The van der Waals surface area contributed by atoms with Crippen molar-refractivity contribution in [2.24, 2.45) is 0 Å². The first-order chi connectivity index (χ1) is 10.9. The number of halogens is 1. The van der Waals surface area contributed by atoms with Crippen LogP contribution in [0.4, 0.5) is 0 Å². The molecule has 1 amide bonds. The van der Waals surface area contributed by atoms with E-state index in [2.05, 4.69) is 10.6 Å². The SMILES string of the molecule is COCCNCc1cccc(OC)c1OCC(=O)NC(C)(C)C.Cl. The summed E-state index contributed by atoms with van der Waals surface area (Å²) in [6.07, 6.45) is 0. The lowest BCUT2D eigenvalue weighted by atomic mass is 10.1. The van der Waals surface area contributed by atoms with E-state index in [-0.39, 0.29) is 30.5 Å². The Hall–Kier alpha value is -1.50. The van der Waals surface area contributed by atoms with E-state index in [0.717, 1.165) is 12.1 Å². The number of nitrogens with one attached hydrogen (secondary N) is 2. The van der Waals surface area contributed by atoms with Crippen LogP contribution in [0.5, 0.6) is 11.5 Å². The zero-order valence-electron chi connectivity index (χ0n) is 15.1. The molecule has 0 spiro atoms. The fraction of sp³-hybridized carbons (Fsp3) is 0.588. The van der Waals surface area contributed by atoms with Crippen molar-refractivity contribution in [2.45, 2.75) is 32.9 Å². The summed E-state index contributed by atoms with van der Waals surface area (Å²) in [5.41, 5.74) is 0.648. The Morgan fingerprint density at radius 3 is 2.50 bits per heavy atom. The molecule has 0 fully saturated rings. The normalized spacial score (nSPS) is 10.7. The Morgan fingerprint density at radius 2 is 1.92 bits per heavy atom. The minimum atomic E-state index is -0.286. The van der Waals surface area contributed by atoms with E-state index < -0.39 is 0 Å². The Morgan fingerprint density at radius 1 is 1.21 bits per heavy atom. The molecular formula is C17H29ClN2O4. The molecule has 1 aromatic carbocycles. The second kappa shape index (κ2) is 11.1. The topological polar surface area (TPSA) is 68.8 Å². The first kappa shape index (κ1) is 22.5. The van der Waals surface area contributed by atoms with Crippen molar-refractivity contribution in [3.05, 3.63) is 23.8 Å². The summed E-state index contributed by atoms with van der Waals surface area (Å²) in [4.78, 5) is 11.9. The number of para-hydroxylation sites is 1. The molecule has 0 aliphatic heterocycles. The second-order valence-corrected chi connectivity index (χ2v) is 6.20. The highest BCUT2D eigenvalue weighted by Crippen LogP contribution is 2.31. The number of hydrogen-bond acceptors (Lipinski definition) is 5. The molecule has 6 nitrogen and oxygen atoms in total. The van der Waals surface area contributed by atoms with Crippen LogP contribution in [-0.2, 0) is 16.1 Å². The van der Waals surface area contributed by atoms with Crippen LogP contribution in [0.2, 0.25) is 0 Å². The van der Waals surface area contributed by atoms with E-state index >= 15 is 0 Å². The summed E-state index contributed by atoms with van der Waals surface area (Å²) >= 11 is 0. The Balaban J connectivity index is 0.00000529. The first-order valence-electron chi connectivity index (χ1n) is 7.66. The standard InChI is InChI=1S/C17H28N2O4.ClH/c1-17(2,3)19-15(20)12-23-16-13(11-18-9-10-21-4)7-6-8-14(16)22-5;/h6-8,18H,9-12H2,1-5H3,(H,19,20);1H. The first-order valence-corrected chi connectivity index (χ1v) is 7.66. The van der Waals surface area contributed by atoms with Crippen molar-refractivity contribution in [1.29, 1.82) is 0 Å². The average molecular weight is 361 g/mol. The third kappa shape index (κ3) is 8.38. The van der Waals surface area contributed by atoms with Gasteiger partial charge in [0.25, 0.3) is 5.91 Å². The van der Waals surface area contributed by atoms with Crippen molar-refractivity contribution in [3.63, 3.8) is 0 Å². The Bertz CT molecular complexity index is 504. The number of amides is 1. The molecule has 0 aromatic heterocycles. The number of rotatable bonds is 9. The lowest BCUT2D eigenvalue weighted by molar-refractivity contribution is -0.124. The van der Waals surface area contributed by atoms with Crippen LogP contribution in [-0.4, -0.2) is 45.4 Å². The summed E-state index contributed by atoms with van der Waals surface area (Å²) in [5.74, 6) is 1.03. The average Bonchev–Trinajstić information content (AvgIpc) is 2.48. The second-order valence-electron chi connectivity index (χ2n) is 6.20. The van der Waals surface area contributed by atoms with E-state index in [1.807, 2.05) is 39.0 Å². The number of ether oxygens (including phenoxy) is 3. The van der Waals surface area contributed by atoms with Gasteiger partial charge in [0.15, 0.2) is 18.1 Å². The fourth-order valence-corrected chi connectivity index (χ4v) is 2.01. The zero-order chi connectivity index (χ0) is 17.3. The van der Waals surface area contributed by atoms with Crippen LogP contribution >= 0.6 is 12.4 Å². The van der Waals surface area contributed by atoms with Gasteiger partial charge in [0.1, 0.15) is 0 Å². The monoisotopic (exact) mass is 360 g/mol. The zero-order valence-corrected chi connectivity index (χ0v) is 15.9. The van der Waals surface area contributed by atoms with Gasteiger partial charge in [0, 0.05) is 31.3 Å². The molecule has 24 heavy (non-hydrogen) atoms. The molecule has 0 aliphatic rings. The maximum absolute atomic E-state index is 11.9. The highest BCUT2D eigenvalue weighted by atomic mass is 35.5. The minimum Gasteiger partial charge on any atom is -0.493 e. The molecule has 0 saturated heterocycles. The summed E-state index contributed by atoms with van der Waals surface area (Å²) in [6, 6.07) is 5.66. The lowest BCUT2D eigenvalue weighted by Crippen LogP contribution is -2.43. The van der Waals surface area contributed by atoms with Crippen LogP contribution in [0.1, 0.15) is 26.3 Å². The van der Waals surface area contributed by atoms with Crippen LogP contribution in [0.15, 0.2) is 18.2 Å². The predicted octanol–water partition coefficient (Wildman–Crippen LogP) is 2.15. The molecule has 0 heterocycles. The highest BCUT2D eigenvalue weighted by Gasteiger charge is 2.16. The number of carbonyl (C=O) groups is 1. The lowest BCUT2D eigenvalue weighted by Gasteiger charge is -2.21. The molecule has 0 radical (unpaired) electrons. The predicted molar refractivity (Wildman–Crippen MR) is 97.2 cm³/mol. The van der Waals surface area contributed by atoms with Gasteiger partial charge in [0.2, 0.25) is 0 Å². The van der Waals surface area contributed by atoms with Gasteiger partial charge >= 0.3 is 0 Å². The number of carbonyl (C=O) groups excluding carboxylic acids is 1. The molecule has 1 rings (SSSR count). The molecule has 7 heteroatoms. The van der Waals surface area contributed by atoms with Crippen molar-refractivity contribution in [2.75, 3.05) is 34.0 Å². The maximum atomic E-state index is 11.9. The molecule has 0 atom stereocenters. The quantitative estimate of drug-likeness (QED) is 0.660. The van der Waals surface area contributed by atoms with Gasteiger partial charge in [-0.3, -0.25) is 4.79 Å². The molecule has 0 aliphatic carbocycles. The molecule has 138 valence electrons. The van der Waals surface area contributed by atoms with E-state index in [0.29, 0.717) is 24.7 Å². The van der Waals surface area contributed by atoms with E-state index in [1.54, 1.807) is 14.2 Å². The van der Waals surface area contributed by atoms with Gasteiger partial charge in [0.05, 0.1) is 13.7 Å². The van der Waals surface area contributed by atoms with Crippen molar-refractivity contribution < 1.29 is 19.0 Å². The van der Waals surface area contributed by atoms with E-state index in [9.17, 15) is 4.79 Å². The molecule has 0 saturated carbocycles. The number of hydrogen-bond donors (Lipinski definition) is 2. The van der Waals surface area contributed by atoms with Crippen LogP contribution in [0.3, 0.4) is 0 Å². The molecule has 2 N–H and O–H groups in total. The van der Waals surface area contributed by atoms with Gasteiger partial charge in [-0.1, -0.05) is 12.1 Å². The van der Waals surface area contributed by atoms with Crippen LogP contribution in [0.25, 0.3) is 0 Å². The summed E-state index contributed by atoms with van der Waals surface area (Å²) in [5, 5.41) is 6.13.